The molecule has 178 valence electrons. The number of esters is 1. The molecule has 0 saturated carbocycles. The van der Waals surface area contributed by atoms with Crippen molar-refractivity contribution in [3.8, 4) is 0 Å². The molecule has 0 radical (unpaired) electrons. The fraction of sp³-hybridized carbons (Fsp3) is 0.286. The van der Waals surface area contributed by atoms with Crippen LogP contribution in [0.3, 0.4) is 0 Å². The van der Waals surface area contributed by atoms with Crippen LogP contribution in [0.5, 0.6) is 0 Å². The standard InChI is InChI=1S/C21H23F2N3O6S/c1-12(18(27)24-20(29)25-21(2,3)4)32-19(28)13-6-5-7-14(10-13)26-33(30,31)15-8-9-16(22)17(23)11-15/h5-12,26H,1-4H3,(H2,24,25,27,29). The van der Waals surface area contributed by atoms with Gasteiger partial charge in [0.15, 0.2) is 17.7 Å². The number of ether oxygens (including phenoxy) is 1. The van der Waals surface area contributed by atoms with Gasteiger partial charge in [0.2, 0.25) is 0 Å². The van der Waals surface area contributed by atoms with Crippen LogP contribution in [0.1, 0.15) is 38.1 Å². The van der Waals surface area contributed by atoms with Crippen molar-refractivity contribution in [3.63, 3.8) is 0 Å². The van der Waals surface area contributed by atoms with Gasteiger partial charge >= 0.3 is 12.0 Å². The third kappa shape index (κ3) is 7.52. The van der Waals surface area contributed by atoms with Crippen LogP contribution in [0, 0.1) is 11.6 Å². The van der Waals surface area contributed by atoms with Gasteiger partial charge in [0.25, 0.3) is 15.9 Å². The van der Waals surface area contributed by atoms with E-state index in [4.69, 9.17) is 4.74 Å². The molecule has 3 amide bonds. The third-order valence-electron chi connectivity index (χ3n) is 3.93. The van der Waals surface area contributed by atoms with Crippen LogP contribution < -0.4 is 15.4 Å². The molecule has 0 spiro atoms. The normalized spacial score (nSPS) is 12.4. The Kier molecular flexibility index (Phi) is 7.75. The highest BCUT2D eigenvalue weighted by molar-refractivity contribution is 7.92. The lowest BCUT2D eigenvalue weighted by Gasteiger charge is -2.21. The van der Waals surface area contributed by atoms with E-state index in [1.54, 1.807) is 20.8 Å². The van der Waals surface area contributed by atoms with E-state index in [0.717, 1.165) is 12.1 Å². The number of carbonyl (C=O) groups is 3. The second-order valence-corrected chi connectivity index (χ2v) is 9.69. The van der Waals surface area contributed by atoms with E-state index in [-0.39, 0.29) is 11.3 Å². The lowest BCUT2D eigenvalue weighted by molar-refractivity contribution is -0.127. The van der Waals surface area contributed by atoms with Crippen molar-refractivity contribution in [3.05, 3.63) is 59.7 Å². The molecule has 0 aromatic heterocycles. The van der Waals surface area contributed by atoms with Crippen LogP contribution in [-0.4, -0.2) is 38.0 Å². The molecule has 9 nitrogen and oxygen atoms in total. The zero-order valence-corrected chi connectivity index (χ0v) is 19.0. The fourth-order valence-electron chi connectivity index (χ4n) is 2.44. The number of carbonyl (C=O) groups excluding carboxylic acids is 3. The summed E-state index contributed by atoms with van der Waals surface area (Å²) in [7, 11) is -4.28. The van der Waals surface area contributed by atoms with Crippen molar-refractivity contribution in [1.29, 1.82) is 0 Å². The smallest absolute Gasteiger partial charge is 0.338 e. The Hall–Kier alpha value is -3.54. The van der Waals surface area contributed by atoms with Gasteiger partial charge in [-0.25, -0.2) is 26.8 Å². The van der Waals surface area contributed by atoms with E-state index < -0.39 is 56.1 Å². The molecule has 0 aliphatic rings. The summed E-state index contributed by atoms with van der Waals surface area (Å²) in [6, 6.07) is 6.43. The van der Waals surface area contributed by atoms with Crippen molar-refractivity contribution >= 4 is 33.6 Å². The first-order chi connectivity index (χ1) is 15.2. The van der Waals surface area contributed by atoms with E-state index >= 15 is 0 Å². The predicted octanol–water partition coefficient (Wildman–Crippen LogP) is 2.94. The number of halogens is 2. The van der Waals surface area contributed by atoms with Crippen molar-refractivity contribution in [2.75, 3.05) is 4.72 Å². The topological polar surface area (TPSA) is 131 Å². The predicted molar refractivity (Wildman–Crippen MR) is 115 cm³/mol. The number of anilines is 1. The molecule has 3 N–H and O–H groups in total. The molecule has 1 atom stereocenters. The largest absolute Gasteiger partial charge is 0.449 e. The zero-order chi connectivity index (χ0) is 25.0. The summed E-state index contributed by atoms with van der Waals surface area (Å²) >= 11 is 0. The molecule has 0 bridgehead atoms. The SMILES string of the molecule is CC(OC(=O)c1cccc(NS(=O)(=O)c2ccc(F)c(F)c2)c1)C(=O)NC(=O)NC(C)(C)C. The summed E-state index contributed by atoms with van der Waals surface area (Å²) in [5, 5.41) is 4.57. The Morgan fingerprint density at radius 3 is 2.27 bits per heavy atom. The highest BCUT2D eigenvalue weighted by Crippen LogP contribution is 2.20. The van der Waals surface area contributed by atoms with Crippen molar-refractivity contribution in [2.45, 2.75) is 44.2 Å². The van der Waals surface area contributed by atoms with Gasteiger partial charge in [-0.2, -0.15) is 0 Å². The Bertz CT molecular complexity index is 1180. The van der Waals surface area contributed by atoms with E-state index in [2.05, 4.69) is 10.0 Å². The second-order valence-electron chi connectivity index (χ2n) is 8.00. The lowest BCUT2D eigenvalue weighted by Crippen LogP contribution is -2.50. The van der Waals surface area contributed by atoms with Crippen LogP contribution >= 0.6 is 0 Å². The summed E-state index contributed by atoms with van der Waals surface area (Å²) in [5.74, 6) is -4.35. The number of urea groups is 1. The average Bonchev–Trinajstić information content (AvgIpc) is 2.68. The number of imide groups is 1. The van der Waals surface area contributed by atoms with Crippen LogP contribution in [0.2, 0.25) is 0 Å². The molecular weight excluding hydrogens is 460 g/mol. The Morgan fingerprint density at radius 2 is 1.67 bits per heavy atom. The molecule has 0 heterocycles. The zero-order valence-electron chi connectivity index (χ0n) is 18.2. The monoisotopic (exact) mass is 483 g/mol. The van der Waals surface area contributed by atoms with E-state index in [1.165, 1.54) is 25.1 Å². The number of nitrogens with one attached hydrogen (secondary N) is 3. The van der Waals surface area contributed by atoms with Gasteiger partial charge in [-0.3, -0.25) is 14.8 Å². The second kappa shape index (κ2) is 9.94. The number of sulfonamides is 1. The van der Waals surface area contributed by atoms with Gasteiger partial charge in [-0.1, -0.05) is 6.07 Å². The minimum absolute atomic E-state index is 0.0594. The molecule has 1 unspecified atom stereocenters. The maximum absolute atomic E-state index is 13.4. The average molecular weight is 483 g/mol. The first kappa shape index (κ1) is 25.7. The summed E-state index contributed by atoms with van der Waals surface area (Å²) < 4.78 is 58.4. The molecule has 0 aliphatic carbocycles. The molecule has 2 aromatic carbocycles. The maximum Gasteiger partial charge on any atom is 0.338 e. The van der Waals surface area contributed by atoms with Crippen LogP contribution in [0.4, 0.5) is 19.3 Å². The van der Waals surface area contributed by atoms with Crippen molar-refractivity contribution < 1.29 is 36.3 Å². The van der Waals surface area contributed by atoms with E-state index in [1.807, 2.05) is 5.32 Å². The van der Waals surface area contributed by atoms with E-state index in [9.17, 15) is 31.6 Å². The fourth-order valence-corrected chi connectivity index (χ4v) is 3.50. The highest BCUT2D eigenvalue weighted by Gasteiger charge is 2.23. The number of rotatable bonds is 6. The first-order valence-electron chi connectivity index (χ1n) is 9.60. The van der Waals surface area contributed by atoms with Gasteiger partial charge in [-0.05, 0) is 64.1 Å². The van der Waals surface area contributed by atoms with Crippen molar-refractivity contribution in [2.24, 2.45) is 0 Å². The van der Waals surface area contributed by atoms with Crippen LogP contribution in [0.15, 0.2) is 47.4 Å². The Balaban J connectivity index is 2.07. The summed E-state index contributed by atoms with van der Waals surface area (Å²) in [6.45, 7) is 6.41. The summed E-state index contributed by atoms with van der Waals surface area (Å²) in [5.41, 5.74) is -0.743. The molecule has 0 aliphatic heterocycles. The maximum atomic E-state index is 13.4. The van der Waals surface area contributed by atoms with Gasteiger partial charge in [0, 0.05) is 11.2 Å². The van der Waals surface area contributed by atoms with Gasteiger partial charge < -0.3 is 10.1 Å². The molecule has 2 rings (SSSR count). The van der Waals surface area contributed by atoms with E-state index in [0.29, 0.717) is 12.1 Å². The van der Waals surface area contributed by atoms with Crippen LogP contribution in [-0.2, 0) is 19.6 Å². The quantitative estimate of drug-likeness (QED) is 0.542. The minimum atomic E-state index is -4.28. The lowest BCUT2D eigenvalue weighted by atomic mass is 10.1. The number of amides is 3. The molecule has 12 heteroatoms. The molecule has 0 saturated heterocycles. The number of hydrogen-bond acceptors (Lipinski definition) is 6. The Morgan fingerprint density at radius 1 is 1.00 bits per heavy atom. The molecule has 2 aromatic rings. The number of hydrogen-bond donors (Lipinski definition) is 3. The first-order valence-corrected chi connectivity index (χ1v) is 11.1. The highest BCUT2D eigenvalue weighted by atomic mass is 32.2. The molecule has 33 heavy (non-hydrogen) atoms. The van der Waals surface area contributed by atoms with Gasteiger partial charge in [-0.15, -0.1) is 0 Å². The summed E-state index contributed by atoms with van der Waals surface area (Å²) in [4.78, 5) is 35.7. The summed E-state index contributed by atoms with van der Waals surface area (Å²) in [6.07, 6.45) is -1.33. The molecule has 0 fully saturated rings. The number of benzene rings is 2. The molecular formula is C21H23F2N3O6S. The third-order valence-corrected chi connectivity index (χ3v) is 5.31. The van der Waals surface area contributed by atoms with Gasteiger partial charge in [0.1, 0.15) is 0 Å². The van der Waals surface area contributed by atoms with Crippen molar-refractivity contribution in [1.82, 2.24) is 10.6 Å². The minimum Gasteiger partial charge on any atom is -0.449 e. The van der Waals surface area contributed by atoms with Crippen LogP contribution in [0.25, 0.3) is 0 Å². The van der Waals surface area contributed by atoms with Gasteiger partial charge in [0.05, 0.1) is 10.5 Å². The Labute approximate surface area is 189 Å².